The molecule has 0 aromatic heterocycles. The van der Waals surface area contributed by atoms with Crippen LogP contribution in [0.3, 0.4) is 0 Å². The number of hydroxylamine groups is 2. The number of ether oxygens (including phenoxy) is 1. The number of benzene rings is 3. The van der Waals surface area contributed by atoms with Crippen LogP contribution in [0.2, 0.25) is 10.0 Å². The average Bonchev–Trinajstić information content (AvgIpc) is 2.72. The lowest BCUT2D eigenvalue weighted by atomic mass is 10.3. The molecular formula is C21H20Cl2N2O3. The van der Waals surface area contributed by atoms with Gasteiger partial charge in [0.05, 0.1) is 17.2 Å². The number of halogens is 2. The number of anilines is 1. The van der Waals surface area contributed by atoms with Crippen molar-refractivity contribution in [1.29, 1.82) is 0 Å². The summed E-state index contributed by atoms with van der Waals surface area (Å²) in [5.41, 5.74) is 0.554. The van der Waals surface area contributed by atoms with E-state index in [0.717, 1.165) is 16.6 Å². The molecule has 0 saturated heterocycles. The van der Waals surface area contributed by atoms with Crippen LogP contribution in [0.5, 0.6) is 11.5 Å². The lowest BCUT2D eigenvalue weighted by Crippen LogP contribution is -2.30. The molecule has 0 fully saturated rings. The van der Waals surface area contributed by atoms with Crippen LogP contribution < -0.4 is 10.1 Å². The Labute approximate surface area is 174 Å². The number of amides is 2. The zero-order valence-electron chi connectivity index (χ0n) is 15.4. The Morgan fingerprint density at radius 2 is 1.39 bits per heavy atom. The molecule has 0 spiro atoms. The molecule has 0 heterocycles. The highest BCUT2D eigenvalue weighted by Gasteiger charge is 2.08. The number of nitrogens with zero attached hydrogens (tertiary/aromatic N) is 1. The van der Waals surface area contributed by atoms with Crippen molar-refractivity contribution in [3.8, 4) is 11.5 Å². The highest BCUT2D eigenvalue weighted by molar-refractivity contribution is 6.42. The third kappa shape index (κ3) is 7.12. The van der Waals surface area contributed by atoms with Gasteiger partial charge in [0.15, 0.2) is 0 Å². The maximum Gasteiger partial charge on any atom is 0.345 e. The van der Waals surface area contributed by atoms with Gasteiger partial charge in [0.25, 0.3) is 0 Å². The molecule has 3 rings (SSSR count). The number of carbonyl (C=O) groups is 1. The highest BCUT2D eigenvalue weighted by Crippen LogP contribution is 2.25. The van der Waals surface area contributed by atoms with Crippen molar-refractivity contribution >= 4 is 34.9 Å². The zero-order valence-corrected chi connectivity index (χ0v) is 16.9. The van der Waals surface area contributed by atoms with Gasteiger partial charge < -0.3 is 10.1 Å². The molecule has 3 aromatic carbocycles. The summed E-state index contributed by atoms with van der Waals surface area (Å²) in [4.78, 5) is 16.1. The van der Waals surface area contributed by atoms with Gasteiger partial charge in [0.2, 0.25) is 0 Å². The summed E-state index contributed by atoms with van der Waals surface area (Å²) >= 11 is 11.5. The molecule has 0 atom stereocenters. The normalized spacial score (nSPS) is 9.71. The van der Waals surface area contributed by atoms with E-state index in [2.05, 4.69) is 5.32 Å². The molecule has 28 heavy (non-hydrogen) atoms. The van der Waals surface area contributed by atoms with Crippen LogP contribution in [-0.2, 0) is 4.84 Å². The number of rotatable bonds is 4. The predicted octanol–water partition coefficient (Wildman–Crippen LogP) is 6.50. The Balaban J connectivity index is 0.000000202. The number of carbonyl (C=O) groups excluding carboxylic acids is 1. The van der Waals surface area contributed by atoms with Gasteiger partial charge in [-0.2, -0.15) is 0 Å². The molecule has 5 nitrogen and oxygen atoms in total. The van der Waals surface area contributed by atoms with Crippen molar-refractivity contribution in [1.82, 2.24) is 5.06 Å². The fourth-order valence-corrected chi connectivity index (χ4v) is 2.27. The molecule has 3 aromatic rings. The van der Waals surface area contributed by atoms with E-state index in [1.165, 1.54) is 14.2 Å². The maximum absolute atomic E-state index is 11.4. The lowest BCUT2D eigenvalue weighted by molar-refractivity contribution is -0.0598. The minimum Gasteiger partial charge on any atom is -0.457 e. The first kappa shape index (κ1) is 21.6. The summed E-state index contributed by atoms with van der Waals surface area (Å²) in [5, 5.41) is 4.46. The van der Waals surface area contributed by atoms with Crippen molar-refractivity contribution in [2.24, 2.45) is 0 Å². The van der Waals surface area contributed by atoms with E-state index in [4.69, 9.17) is 32.8 Å². The molecule has 2 amide bonds. The molecule has 0 aliphatic carbocycles. The van der Waals surface area contributed by atoms with Crippen LogP contribution >= 0.6 is 23.2 Å². The molecule has 0 saturated carbocycles. The third-order valence-electron chi connectivity index (χ3n) is 3.45. The summed E-state index contributed by atoms with van der Waals surface area (Å²) in [6.45, 7) is 0. The van der Waals surface area contributed by atoms with Gasteiger partial charge in [-0.1, -0.05) is 59.6 Å². The first-order valence-electron chi connectivity index (χ1n) is 8.31. The Morgan fingerprint density at radius 1 is 0.857 bits per heavy atom. The van der Waals surface area contributed by atoms with Crippen molar-refractivity contribution in [3.05, 3.63) is 88.9 Å². The highest BCUT2D eigenvalue weighted by atomic mass is 35.5. The van der Waals surface area contributed by atoms with Gasteiger partial charge >= 0.3 is 6.03 Å². The second-order valence-electron chi connectivity index (χ2n) is 5.47. The number of urea groups is 1. The number of para-hydroxylation sites is 2. The van der Waals surface area contributed by atoms with Gasteiger partial charge in [0.1, 0.15) is 11.5 Å². The van der Waals surface area contributed by atoms with Crippen molar-refractivity contribution < 1.29 is 14.4 Å². The monoisotopic (exact) mass is 418 g/mol. The third-order valence-corrected chi connectivity index (χ3v) is 4.19. The van der Waals surface area contributed by atoms with Crippen LogP contribution in [0.15, 0.2) is 78.9 Å². The van der Waals surface area contributed by atoms with Crippen molar-refractivity contribution in [2.75, 3.05) is 19.5 Å². The second-order valence-corrected chi connectivity index (χ2v) is 6.28. The van der Waals surface area contributed by atoms with E-state index in [-0.39, 0.29) is 0 Å². The Hall–Kier alpha value is -2.73. The molecule has 146 valence electrons. The first-order valence-corrected chi connectivity index (χ1v) is 9.07. The van der Waals surface area contributed by atoms with E-state index < -0.39 is 6.03 Å². The predicted molar refractivity (Wildman–Crippen MR) is 113 cm³/mol. The minimum absolute atomic E-state index is 0.384. The molecule has 0 aliphatic rings. The Morgan fingerprint density at radius 3 is 1.86 bits per heavy atom. The smallest absolute Gasteiger partial charge is 0.345 e. The van der Waals surface area contributed by atoms with E-state index in [1.807, 2.05) is 60.7 Å². The van der Waals surface area contributed by atoms with E-state index >= 15 is 0 Å². The second kappa shape index (κ2) is 11.2. The van der Waals surface area contributed by atoms with Crippen LogP contribution in [0.4, 0.5) is 10.5 Å². The quantitative estimate of drug-likeness (QED) is 0.492. The van der Waals surface area contributed by atoms with Gasteiger partial charge in [-0.3, -0.25) is 4.84 Å². The average molecular weight is 419 g/mol. The molecule has 0 bridgehead atoms. The topological polar surface area (TPSA) is 50.8 Å². The van der Waals surface area contributed by atoms with Crippen LogP contribution in [0.25, 0.3) is 0 Å². The van der Waals surface area contributed by atoms with E-state index in [0.29, 0.717) is 15.7 Å². The Kier molecular flexibility index (Phi) is 8.62. The fourth-order valence-electron chi connectivity index (χ4n) is 1.97. The summed E-state index contributed by atoms with van der Waals surface area (Å²) in [6.07, 6.45) is 0. The minimum atomic E-state index is -0.393. The van der Waals surface area contributed by atoms with Crippen molar-refractivity contribution in [2.45, 2.75) is 0 Å². The Bertz CT molecular complexity index is 840. The zero-order chi connectivity index (χ0) is 20.4. The van der Waals surface area contributed by atoms with Gasteiger partial charge in [-0.25, -0.2) is 9.86 Å². The van der Waals surface area contributed by atoms with Crippen LogP contribution in [-0.4, -0.2) is 25.3 Å². The first-order chi connectivity index (χ1) is 13.5. The molecule has 7 heteroatoms. The van der Waals surface area contributed by atoms with Gasteiger partial charge in [-0.05, 0) is 42.5 Å². The molecule has 1 N–H and O–H groups in total. The van der Waals surface area contributed by atoms with Gasteiger partial charge in [0, 0.05) is 12.7 Å². The van der Waals surface area contributed by atoms with Gasteiger partial charge in [-0.15, -0.1) is 0 Å². The SMILES string of the molecule is CON(C)C(=O)Nc1ccc(Cl)c(Cl)c1.c1ccc(Oc2ccccc2)cc1. The standard InChI is InChI=1S/C12H10O.C9H10Cl2N2O2/c1-3-7-11(8-4-1)13-12-9-5-2-6-10-12;1-13(15-2)9(14)12-6-3-4-7(10)8(11)5-6/h1-10H;3-5H,1-2H3,(H,12,14). The lowest BCUT2D eigenvalue weighted by Gasteiger charge is -2.14. The van der Waals surface area contributed by atoms with Crippen molar-refractivity contribution in [3.63, 3.8) is 0 Å². The fraction of sp³-hybridized carbons (Fsp3) is 0.0952. The molecule has 0 unspecified atom stereocenters. The number of hydrogen-bond acceptors (Lipinski definition) is 3. The largest absolute Gasteiger partial charge is 0.457 e. The summed E-state index contributed by atoms with van der Waals surface area (Å²) < 4.78 is 5.58. The van der Waals surface area contributed by atoms with E-state index in [9.17, 15) is 4.79 Å². The number of nitrogens with one attached hydrogen (secondary N) is 1. The maximum atomic E-state index is 11.4. The summed E-state index contributed by atoms with van der Waals surface area (Å²) in [5.74, 6) is 1.74. The molecule has 0 radical (unpaired) electrons. The summed E-state index contributed by atoms with van der Waals surface area (Å²) in [7, 11) is 2.89. The number of hydrogen-bond donors (Lipinski definition) is 1. The molecular weight excluding hydrogens is 399 g/mol. The van der Waals surface area contributed by atoms with E-state index in [1.54, 1.807) is 18.2 Å². The van der Waals surface area contributed by atoms with Crippen LogP contribution in [0.1, 0.15) is 0 Å². The summed E-state index contributed by atoms with van der Waals surface area (Å²) in [6, 6.07) is 23.9. The van der Waals surface area contributed by atoms with Crippen LogP contribution in [0, 0.1) is 0 Å². The molecule has 0 aliphatic heterocycles.